The molecule has 0 aliphatic carbocycles. The molecule has 0 spiro atoms. The Morgan fingerprint density at radius 2 is 1.84 bits per heavy atom. The van der Waals surface area contributed by atoms with Gasteiger partial charge in [0.1, 0.15) is 17.1 Å². The van der Waals surface area contributed by atoms with Crippen LogP contribution in [0.15, 0.2) is 68.4 Å². The molecule has 6 heteroatoms. The second-order valence-electron chi connectivity index (χ2n) is 8.05. The predicted octanol–water partition coefficient (Wildman–Crippen LogP) is 5.15. The molecule has 0 saturated carbocycles. The molecule has 0 N–H and O–H groups in total. The number of rotatable bonds is 5. The number of furan rings is 1. The van der Waals surface area contributed by atoms with Gasteiger partial charge in [-0.15, -0.1) is 0 Å². The minimum atomic E-state index is -0.584. The summed E-state index contributed by atoms with van der Waals surface area (Å²) in [6.07, 6.45) is 1.57. The summed E-state index contributed by atoms with van der Waals surface area (Å²) in [5.41, 5.74) is 3.24. The third-order valence-corrected chi connectivity index (χ3v) is 5.83. The highest BCUT2D eigenvalue weighted by atomic mass is 16.5. The number of benzene rings is 2. The van der Waals surface area contributed by atoms with E-state index in [1.165, 1.54) is 0 Å². The largest absolute Gasteiger partial charge is 0.494 e. The van der Waals surface area contributed by atoms with Crippen molar-refractivity contribution in [2.75, 3.05) is 6.61 Å². The second-order valence-corrected chi connectivity index (χ2v) is 8.05. The summed E-state index contributed by atoms with van der Waals surface area (Å²) < 4.78 is 17.1. The summed E-state index contributed by atoms with van der Waals surface area (Å²) in [4.78, 5) is 28.8. The van der Waals surface area contributed by atoms with E-state index in [2.05, 4.69) is 0 Å². The molecule has 2 aromatic carbocycles. The maximum atomic E-state index is 13.7. The van der Waals surface area contributed by atoms with E-state index in [4.69, 9.17) is 13.6 Å². The van der Waals surface area contributed by atoms with Crippen LogP contribution in [0.1, 0.15) is 51.5 Å². The van der Waals surface area contributed by atoms with Crippen molar-refractivity contribution in [2.24, 2.45) is 0 Å². The van der Waals surface area contributed by atoms with Crippen LogP contribution in [0.5, 0.6) is 5.75 Å². The zero-order chi connectivity index (χ0) is 22.4. The Hall–Kier alpha value is -3.80. The van der Waals surface area contributed by atoms with Gasteiger partial charge in [-0.1, -0.05) is 18.2 Å². The van der Waals surface area contributed by atoms with Crippen molar-refractivity contribution in [1.82, 2.24) is 4.90 Å². The Balaban J connectivity index is 1.72. The summed E-state index contributed by atoms with van der Waals surface area (Å²) in [7, 11) is 0. The van der Waals surface area contributed by atoms with E-state index in [1.54, 1.807) is 23.3 Å². The first-order chi connectivity index (χ1) is 15.5. The van der Waals surface area contributed by atoms with Crippen LogP contribution in [-0.2, 0) is 6.54 Å². The van der Waals surface area contributed by atoms with Gasteiger partial charge >= 0.3 is 0 Å². The fraction of sp³-hybridized carbons (Fsp3) is 0.231. The van der Waals surface area contributed by atoms with Crippen molar-refractivity contribution in [3.05, 3.63) is 98.8 Å². The van der Waals surface area contributed by atoms with Crippen LogP contribution in [0.2, 0.25) is 0 Å². The van der Waals surface area contributed by atoms with E-state index in [0.29, 0.717) is 28.9 Å². The molecule has 4 aromatic rings. The maximum absolute atomic E-state index is 13.7. The summed E-state index contributed by atoms with van der Waals surface area (Å²) in [6, 6.07) is 14.2. The lowest BCUT2D eigenvalue weighted by Gasteiger charge is -2.24. The predicted molar refractivity (Wildman–Crippen MR) is 120 cm³/mol. The molecule has 1 amide bonds. The lowest BCUT2D eigenvalue weighted by Crippen LogP contribution is -2.29. The van der Waals surface area contributed by atoms with Gasteiger partial charge in [-0.2, -0.15) is 0 Å². The Kier molecular flexibility index (Phi) is 4.85. The van der Waals surface area contributed by atoms with Gasteiger partial charge in [0.2, 0.25) is 5.76 Å². The van der Waals surface area contributed by atoms with Gasteiger partial charge in [0.05, 0.1) is 36.4 Å². The maximum Gasteiger partial charge on any atom is 0.291 e. The highest BCUT2D eigenvalue weighted by Gasteiger charge is 2.43. The number of aryl methyl sites for hydroxylation is 2. The number of nitrogens with zero attached hydrogens (tertiary/aromatic N) is 1. The number of fused-ring (bicyclic) bond motifs is 2. The number of ether oxygens (including phenoxy) is 1. The van der Waals surface area contributed by atoms with Crippen LogP contribution < -0.4 is 10.2 Å². The van der Waals surface area contributed by atoms with E-state index in [1.807, 2.05) is 57.2 Å². The van der Waals surface area contributed by atoms with Crippen LogP contribution in [0.3, 0.4) is 0 Å². The fourth-order valence-corrected chi connectivity index (χ4v) is 4.51. The minimum absolute atomic E-state index is 0.0953. The zero-order valence-electron chi connectivity index (χ0n) is 18.2. The van der Waals surface area contributed by atoms with Crippen molar-refractivity contribution in [3.63, 3.8) is 0 Å². The van der Waals surface area contributed by atoms with Gasteiger partial charge in [-0.3, -0.25) is 9.59 Å². The number of carbonyl (C=O) groups is 1. The summed E-state index contributed by atoms with van der Waals surface area (Å²) in [6.45, 7) is 6.53. The minimum Gasteiger partial charge on any atom is -0.494 e. The topological polar surface area (TPSA) is 72.9 Å². The van der Waals surface area contributed by atoms with Crippen LogP contribution in [0.25, 0.3) is 11.0 Å². The van der Waals surface area contributed by atoms with Gasteiger partial charge in [-0.05, 0) is 67.8 Å². The smallest absolute Gasteiger partial charge is 0.291 e. The molecule has 0 radical (unpaired) electrons. The Morgan fingerprint density at radius 1 is 1.06 bits per heavy atom. The first kappa shape index (κ1) is 20.1. The number of hydrogen-bond acceptors (Lipinski definition) is 5. The fourth-order valence-electron chi connectivity index (χ4n) is 4.51. The highest BCUT2D eigenvalue weighted by Crippen LogP contribution is 2.40. The summed E-state index contributed by atoms with van der Waals surface area (Å²) >= 11 is 0. The second kappa shape index (κ2) is 7.71. The van der Waals surface area contributed by atoms with Crippen molar-refractivity contribution in [1.29, 1.82) is 0 Å². The van der Waals surface area contributed by atoms with Gasteiger partial charge in [0.15, 0.2) is 5.43 Å². The molecule has 1 unspecified atom stereocenters. The number of carbonyl (C=O) groups excluding carboxylic acids is 1. The quantitative estimate of drug-likeness (QED) is 0.439. The van der Waals surface area contributed by atoms with Crippen LogP contribution >= 0.6 is 0 Å². The van der Waals surface area contributed by atoms with Crippen molar-refractivity contribution in [3.8, 4) is 5.75 Å². The SMILES string of the molecule is CCOc1ccc(C2c3c(oc4cc(C)cc(C)c4c3=O)C(=O)N2Cc2ccco2)cc1. The molecule has 0 fully saturated rings. The molecular formula is C26H23NO5. The lowest BCUT2D eigenvalue weighted by molar-refractivity contribution is 0.0701. The number of amides is 1. The third-order valence-electron chi connectivity index (χ3n) is 5.83. The normalized spacial score (nSPS) is 15.4. The molecule has 32 heavy (non-hydrogen) atoms. The first-order valence-electron chi connectivity index (χ1n) is 10.6. The molecule has 162 valence electrons. The number of hydrogen-bond donors (Lipinski definition) is 0. The molecule has 0 bridgehead atoms. The molecule has 6 nitrogen and oxygen atoms in total. The summed E-state index contributed by atoms with van der Waals surface area (Å²) in [5.74, 6) is 1.13. The van der Waals surface area contributed by atoms with Gasteiger partial charge in [-0.25, -0.2) is 0 Å². The van der Waals surface area contributed by atoms with E-state index in [9.17, 15) is 9.59 Å². The third kappa shape index (κ3) is 3.19. The van der Waals surface area contributed by atoms with E-state index in [-0.39, 0.29) is 23.6 Å². The van der Waals surface area contributed by atoms with Gasteiger partial charge in [0.25, 0.3) is 5.91 Å². The molecule has 1 atom stereocenters. The van der Waals surface area contributed by atoms with E-state index in [0.717, 1.165) is 22.4 Å². The van der Waals surface area contributed by atoms with Crippen molar-refractivity contribution < 1.29 is 18.4 Å². The molecule has 5 rings (SSSR count). The average molecular weight is 429 g/mol. The molecule has 3 heterocycles. The van der Waals surface area contributed by atoms with Gasteiger partial charge < -0.3 is 18.5 Å². The molecule has 2 aromatic heterocycles. The molecule has 1 aliphatic rings. The summed E-state index contributed by atoms with van der Waals surface area (Å²) in [5, 5.41) is 0.512. The van der Waals surface area contributed by atoms with Gasteiger partial charge in [0, 0.05) is 0 Å². The molecule has 0 saturated heterocycles. The monoisotopic (exact) mass is 429 g/mol. The van der Waals surface area contributed by atoms with Crippen LogP contribution in [-0.4, -0.2) is 17.4 Å². The van der Waals surface area contributed by atoms with Crippen molar-refractivity contribution in [2.45, 2.75) is 33.4 Å². The van der Waals surface area contributed by atoms with Crippen LogP contribution in [0, 0.1) is 13.8 Å². The molecular weight excluding hydrogens is 406 g/mol. The Labute approximate surface area is 185 Å². The zero-order valence-corrected chi connectivity index (χ0v) is 18.2. The Morgan fingerprint density at radius 3 is 2.53 bits per heavy atom. The first-order valence-corrected chi connectivity index (χ1v) is 10.6. The lowest BCUT2D eigenvalue weighted by atomic mass is 9.97. The molecule has 1 aliphatic heterocycles. The van der Waals surface area contributed by atoms with E-state index >= 15 is 0 Å². The Bertz CT molecular complexity index is 1370. The van der Waals surface area contributed by atoms with Crippen molar-refractivity contribution >= 4 is 16.9 Å². The van der Waals surface area contributed by atoms with E-state index < -0.39 is 6.04 Å². The average Bonchev–Trinajstić information content (AvgIpc) is 3.36. The standard InChI is InChI=1S/C26H23NO5/c1-4-30-18-9-7-17(8-10-18)23-22-24(28)21-16(3)12-15(2)13-20(21)32-25(22)26(29)27(23)14-19-6-5-11-31-19/h5-13,23H,4,14H2,1-3H3. The highest BCUT2D eigenvalue weighted by molar-refractivity contribution is 5.99. The van der Waals surface area contributed by atoms with Crippen LogP contribution in [0.4, 0.5) is 0 Å².